The van der Waals surface area contributed by atoms with Crippen LogP contribution < -0.4 is 15.2 Å². The van der Waals surface area contributed by atoms with Gasteiger partial charge in [0.2, 0.25) is 11.9 Å². The molecule has 0 saturated carbocycles. The second-order valence-electron chi connectivity index (χ2n) is 14.9. The van der Waals surface area contributed by atoms with E-state index in [0.717, 1.165) is 68.8 Å². The first kappa shape index (κ1) is 51.9. The number of β-amino-alcohol motifs (C(OH)–C–C–N with tert-alkyl or cyclic N) is 2. The number of ketones is 1. The number of aliphatic hydroxyl groups is 2. The zero-order valence-corrected chi connectivity index (χ0v) is 37.4. The van der Waals surface area contributed by atoms with Crippen LogP contribution >= 0.6 is 27.0 Å². The summed E-state index contributed by atoms with van der Waals surface area (Å²) in [5, 5.41) is 28.4. The van der Waals surface area contributed by atoms with Crippen LogP contribution in [0.25, 0.3) is 0 Å². The summed E-state index contributed by atoms with van der Waals surface area (Å²) < 4.78 is 47.1. The van der Waals surface area contributed by atoms with Crippen LogP contribution in [0.2, 0.25) is 0 Å². The summed E-state index contributed by atoms with van der Waals surface area (Å²) in [6, 6.07) is 16.9. The Morgan fingerprint density at radius 1 is 0.708 bits per heavy atom. The van der Waals surface area contributed by atoms with Gasteiger partial charge in [0.15, 0.2) is 30.1 Å². The van der Waals surface area contributed by atoms with E-state index in [0.29, 0.717) is 50.8 Å². The number of pyridine rings is 2. The molecule has 5 N–H and O–H groups in total. The fraction of sp³-hybridized carbons (Fsp3) is 0.333. The highest BCUT2D eigenvalue weighted by Crippen LogP contribution is 2.26. The lowest BCUT2D eigenvalue weighted by atomic mass is 9.98. The number of carboxylic acid groups (broad SMARTS) is 1. The first-order chi connectivity index (χ1) is 30.5. The van der Waals surface area contributed by atoms with Gasteiger partial charge in [-0.25, -0.2) is 24.7 Å². The molecule has 0 spiro atoms. The van der Waals surface area contributed by atoms with Crippen LogP contribution in [0.4, 0.5) is 8.78 Å². The lowest BCUT2D eigenvalue weighted by molar-refractivity contribution is 0.0695. The minimum absolute atomic E-state index is 0. The number of nitrogens with zero attached hydrogens (tertiary/aromatic N) is 6. The standard InChI is InChI=1S/C23H24FN3O4.C16H21N3O3.C6H4FNO2.2H2S/c24-23-10-17(5-7-26-23)22(29)4-2-19(28)13-27-8-6-16-9-20(3-1-18(16)12-27)30-14-21-11-25-15-31-21;17-6-14(20)9-19-4-3-12-5-15(2-1-13(12)8-19)21-10-16-7-18-11-22-16;7-5-3-4(6(9)10)1-2-8-5;;/h1,3,5,7,9-11,15,19,28H,2,4,6,8,12-14H2;1-2,5,7,11,14,20H,3-4,6,8-10,17H2;1-3H,(H,9,10);2*1H2/t19-;14-;;;/m00.../s1. The zero-order valence-electron chi connectivity index (χ0n) is 35.4. The van der Waals surface area contributed by atoms with Crippen molar-refractivity contribution in [1.29, 1.82) is 0 Å². The molecule has 6 aromatic rings. The first-order valence-corrected chi connectivity index (χ1v) is 20.3. The Morgan fingerprint density at radius 3 is 1.65 bits per heavy atom. The van der Waals surface area contributed by atoms with Gasteiger partial charge >= 0.3 is 5.97 Å². The van der Waals surface area contributed by atoms with E-state index in [1.807, 2.05) is 24.3 Å². The minimum atomic E-state index is -1.15. The van der Waals surface area contributed by atoms with Gasteiger partial charge in [0, 0.05) is 82.3 Å². The summed E-state index contributed by atoms with van der Waals surface area (Å²) in [7, 11) is 0. The van der Waals surface area contributed by atoms with Gasteiger partial charge in [-0.2, -0.15) is 35.8 Å². The molecule has 0 aliphatic carbocycles. The van der Waals surface area contributed by atoms with Gasteiger partial charge < -0.3 is 39.4 Å². The van der Waals surface area contributed by atoms with Gasteiger partial charge in [-0.3, -0.25) is 14.6 Å². The molecule has 8 rings (SSSR count). The molecule has 0 radical (unpaired) electrons. The number of aromatic nitrogens is 4. The summed E-state index contributed by atoms with van der Waals surface area (Å²) in [4.78, 5) is 41.1. The highest BCUT2D eigenvalue weighted by molar-refractivity contribution is 7.59. The molecule has 0 unspecified atom stereocenters. The van der Waals surface area contributed by atoms with Gasteiger partial charge in [0.1, 0.15) is 24.7 Å². The summed E-state index contributed by atoms with van der Waals surface area (Å²) in [6.07, 6.45) is 9.67. The normalized spacial score (nSPS) is 14.0. The van der Waals surface area contributed by atoms with Crippen molar-refractivity contribution in [2.24, 2.45) is 5.73 Å². The number of nitrogens with two attached hydrogens (primary N) is 1. The fourth-order valence-electron chi connectivity index (χ4n) is 6.92. The van der Waals surface area contributed by atoms with Crippen LogP contribution in [0.15, 0.2) is 107 Å². The minimum Gasteiger partial charge on any atom is -0.486 e. The van der Waals surface area contributed by atoms with Gasteiger partial charge in [-0.05, 0) is 77.9 Å². The van der Waals surface area contributed by atoms with E-state index in [4.69, 9.17) is 29.1 Å². The van der Waals surface area contributed by atoms with Crippen molar-refractivity contribution in [3.8, 4) is 11.5 Å². The predicted molar refractivity (Wildman–Crippen MR) is 243 cm³/mol. The number of benzene rings is 2. The Kier molecular flexibility index (Phi) is 21.0. The molecule has 20 heteroatoms. The molecule has 16 nitrogen and oxygen atoms in total. The SMILES string of the molecule is NC[C@H](O)CN1CCc2cc(OCc3cnco3)ccc2C1.O=C(CC[C@H](O)CN1CCc2cc(OCc3cnco3)ccc2C1)c1ccnc(F)c1.O=C(O)c1ccnc(F)c1.S.S. The van der Waals surface area contributed by atoms with Gasteiger partial charge in [0.05, 0.1) is 30.2 Å². The number of hydrogen-bond acceptors (Lipinski definition) is 15. The van der Waals surface area contributed by atoms with Crippen LogP contribution in [0.1, 0.15) is 67.3 Å². The predicted octanol–water partition coefficient (Wildman–Crippen LogP) is 5.25. The molecule has 2 aliphatic heterocycles. The smallest absolute Gasteiger partial charge is 0.335 e. The van der Waals surface area contributed by atoms with E-state index >= 15 is 0 Å². The number of carboxylic acids is 1. The lowest BCUT2D eigenvalue weighted by Crippen LogP contribution is -2.39. The van der Waals surface area contributed by atoms with E-state index < -0.39 is 30.1 Å². The first-order valence-electron chi connectivity index (χ1n) is 20.3. The number of ether oxygens (including phenoxy) is 2. The van der Waals surface area contributed by atoms with E-state index in [2.05, 4.69) is 41.9 Å². The van der Waals surface area contributed by atoms with E-state index in [9.17, 15) is 28.6 Å². The lowest BCUT2D eigenvalue weighted by Gasteiger charge is -2.30. The quantitative estimate of drug-likeness (QED) is 0.0719. The molecule has 0 saturated heterocycles. The molecular weight excluding hydrogens is 885 g/mol. The molecule has 0 fully saturated rings. The number of aliphatic hydroxyl groups excluding tert-OH is 2. The summed E-state index contributed by atoms with van der Waals surface area (Å²) in [5.41, 5.74) is 10.7. The Labute approximate surface area is 388 Å². The molecule has 0 bridgehead atoms. The summed E-state index contributed by atoms with van der Waals surface area (Å²) >= 11 is 0. The Morgan fingerprint density at radius 2 is 1.20 bits per heavy atom. The Balaban J connectivity index is 0.000000237. The monoisotopic (exact) mass is 937 g/mol. The largest absolute Gasteiger partial charge is 0.486 e. The maximum absolute atomic E-state index is 13.2. The Bertz CT molecular complexity index is 2380. The van der Waals surface area contributed by atoms with Gasteiger partial charge in [-0.1, -0.05) is 12.1 Å². The Hall–Kier alpha value is -5.74. The number of hydrogen-bond donors (Lipinski definition) is 4. The van der Waals surface area contributed by atoms with Crippen molar-refractivity contribution in [3.63, 3.8) is 0 Å². The summed E-state index contributed by atoms with van der Waals surface area (Å²) in [6.45, 7) is 5.45. The van der Waals surface area contributed by atoms with Gasteiger partial charge in [-0.15, -0.1) is 0 Å². The summed E-state index contributed by atoms with van der Waals surface area (Å²) in [5.74, 6) is 0.207. The van der Waals surface area contributed by atoms with Crippen molar-refractivity contribution >= 4 is 38.7 Å². The highest BCUT2D eigenvalue weighted by Gasteiger charge is 2.21. The molecule has 0 amide bonds. The van der Waals surface area contributed by atoms with E-state index in [-0.39, 0.29) is 50.3 Å². The number of aromatic carboxylic acids is 1. The number of fused-ring (bicyclic) bond motifs is 2. The van der Waals surface area contributed by atoms with Crippen LogP contribution in [0.5, 0.6) is 11.5 Å². The maximum Gasteiger partial charge on any atom is 0.335 e. The van der Waals surface area contributed by atoms with Crippen LogP contribution in [0.3, 0.4) is 0 Å². The number of carbonyl (C=O) groups excluding carboxylic acids is 1. The van der Waals surface area contributed by atoms with Crippen molar-refractivity contribution in [2.75, 3.05) is 32.7 Å². The second kappa shape index (κ2) is 26.3. The average molecular weight is 938 g/mol. The molecule has 65 heavy (non-hydrogen) atoms. The van der Waals surface area contributed by atoms with Crippen LogP contribution in [-0.4, -0.2) is 102 Å². The van der Waals surface area contributed by atoms with Gasteiger partial charge in [0.25, 0.3) is 0 Å². The maximum atomic E-state index is 13.2. The number of carbonyl (C=O) groups is 2. The zero-order chi connectivity index (χ0) is 44.6. The molecule has 6 heterocycles. The van der Waals surface area contributed by atoms with Crippen LogP contribution in [-0.2, 0) is 39.1 Å². The molecule has 348 valence electrons. The third kappa shape index (κ3) is 16.6. The number of Topliss-reactive ketones (excluding diaryl/α,β-unsaturated/α-hetero) is 1. The molecule has 4 aromatic heterocycles. The van der Waals surface area contributed by atoms with Crippen molar-refractivity contribution in [2.45, 2.75) is 64.2 Å². The molecular formula is C45H53F2N7O9S2. The second-order valence-corrected chi connectivity index (χ2v) is 14.9. The highest BCUT2D eigenvalue weighted by atomic mass is 32.1. The fourth-order valence-corrected chi connectivity index (χ4v) is 6.92. The third-order valence-corrected chi connectivity index (χ3v) is 10.2. The third-order valence-electron chi connectivity index (χ3n) is 10.2. The van der Waals surface area contributed by atoms with Crippen LogP contribution in [0, 0.1) is 11.9 Å². The number of halogens is 2. The number of oxazole rings is 2. The molecule has 2 aliphatic rings. The average Bonchev–Trinajstić information content (AvgIpc) is 4.03. The van der Waals surface area contributed by atoms with E-state index in [1.165, 1.54) is 53.4 Å². The topological polar surface area (TPSA) is 224 Å². The van der Waals surface area contributed by atoms with Crippen molar-refractivity contribution in [3.05, 3.63) is 155 Å². The van der Waals surface area contributed by atoms with E-state index in [1.54, 1.807) is 12.4 Å². The van der Waals surface area contributed by atoms with Crippen molar-refractivity contribution in [1.82, 2.24) is 29.7 Å². The molecule has 2 aromatic carbocycles. The van der Waals surface area contributed by atoms with Crippen molar-refractivity contribution < 1.29 is 52.0 Å². The number of rotatable bonds is 16. The molecule has 2 atom stereocenters.